The number of thioether (sulfide) groups is 1. The number of aryl methyl sites for hydroxylation is 1. The average Bonchev–Trinajstić information content (AvgIpc) is 2.45. The van der Waals surface area contributed by atoms with Crippen LogP contribution in [0.5, 0.6) is 0 Å². The quantitative estimate of drug-likeness (QED) is 0.867. The molecular formula is C16H15ClFNOS. The Hall–Kier alpha value is -1.52. The zero-order chi connectivity index (χ0) is 15.2. The van der Waals surface area contributed by atoms with Crippen molar-refractivity contribution in [3.63, 3.8) is 0 Å². The van der Waals surface area contributed by atoms with Crippen molar-refractivity contribution in [3.8, 4) is 0 Å². The molecule has 5 heteroatoms. The van der Waals surface area contributed by atoms with E-state index in [9.17, 15) is 9.18 Å². The minimum Gasteiger partial charge on any atom is -0.323 e. The fraction of sp³-hybridized carbons (Fsp3) is 0.188. The minimum atomic E-state index is -0.490. The van der Waals surface area contributed by atoms with Gasteiger partial charge in [-0.2, -0.15) is 0 Å². The van der Waals surface area contributed by atoms with Gasteiger partial charge in [-0.05, 0) is 30.7 Å². The Labute approximate surface area is 132 Å². The van der Waals surface area contributed by atoms with Crippen LogP contribution < -0.4 is 5.32 Å². The minimum absolute atomic E-state index is 0.114. The van der Waals surface area contributed by atoms with Crippen LogP contribution in [0.4, 0.5) is 10.1 Å². The van der Waals surface area contributed by atoms with E-state index in [1.165, 1.54) is 35.5 Å². The number of amides is 1. The highest BCUT2D eigenvalue weighted by Gasteiger charge is 2.08. The van der Waals surface area contributed by atoms with Crippen molar-refractivity contribution in [1.29, 1.82) is 0 Å². The predicted molar refractivity (Wildman–Crippen MR) is 87.4 cm³/mol. The molecule has 0 aliphatic heterocycles. The molecule has 0 aliphatic carbocycles. The fourth-order valence-corrected chi connectivity index (χ4v) is 2.69. The van der Waals surface area contributed by atoms with Crippen LogP contribution in [0.25, 0.3) is 0 Å². The van der Waals surface area contributed by atoms with Crippen molar-refractivity contribution in [2.45, 2.75) is 12.7 Å². The molecule has 0 atom stereocenters. The van der Waals surface area contributed by atoms with Crippen molar-refractivity contribution in [2.75, 3.05) is 11.1 Å². The standard InChI is InChI=1S/C16H15ClFNOS/c1-11-2-4-12(5-3-11)9-21-10-16(20)19-15-8-13(17)6-7-14(15)18/h2-8H,9-10H2,1H3,(H,19,20). The summed E-state index contributed by atoms with van der Waals surface area (Å²) >= 11 is 7.26. The molecule has 2 nitrogen and oxygen atoms in total. The first-order valence-corrected chi connectivity index (χ1v) is 7.96. The van der Waals surface area contributed by atoms with Crippen molar-refractivity contribution >= 4 is 35.0 Å². The van der Waals surface area contributed by atoms with E-state index < -0.39 is 5.82 Å². The summed E-state index contributed by atoms with van der Waals surface area (Å²) in [5.74, 6) is 0.274. The Bertz CT molecular complexity index is 631. The zero-order valence-corrected chi connectivity index (χ0v) is 13.1. The van der Waals surface area contributed by atoms with Gasteiger partial charge in [0.1, 0.15) is 5.82 Å². The van der Waals surface area contributed by atoms with E-state index in [1.807, 2.05) is 31.2 Å². The maximum Gasteiger partial charge on any atom is 0.234 e. The Morgan fingerprint density at radius 1 is 1.24 bits per heavy atom. The number of carbonyl (C=O) groups excluding carboxylic acids is 1. The van der Waals surface area contributed by atoms with Gasteiger partial charge < -0.3 is 5.32 Å². The summed E-state index contributed by atoms with van der Waals surface area (Å²) in [6.45, 7) is 2.03. The van der Waals surface area contributed by atoms with Crippen LogP contribution in [0.2, 0.25) is 5.02 Å². The molecule has 21 heavy (non-hydrogen) atoms. The van der Waals surface area contributed by atoms with Crippen LogP contribution in [0, 0.1) is 12.7 Å². The molecule has 0 radical (unpaired) electrons. The highest BCUT2D eigenvalue weighted by molar-refractivity contribution is 7.99. The van der Waals surface area contributed by atoms with E-state index in [4.69, 9.17) is 11.6 Å². The van der Waals surface area contributed by atoms with E-state index in [0.717, 1.165) is 11.3 Å². The van der Waals surface area contributed by atoms with Crippen molar-refractivity contribution in [1.82, 2.24) is 0 Å². The van der Waals surface area contributed by atoms with E-state index in [1.54, 1.807) is 0 Å². The first-order valence-electron chi connectivity index (χ1n) is 6.43. The summed E-state index contributed by atoms with van der Waals surface area (Å²) in [5.41, 5.74) is 2.48. The van der Waals surface area contributed by atoms with Gasteiger partial charge in [-0.25, -0.2) is 4.39 Å². The molecule has 0 fully saturated rings. The van der Waals surface area contributed by atoms with Crippen LogP contribution >= 0.6 is 23.4 Å². The molecule has 1 amide bonds. The molecule has 110 valence electrons. The second-order valence-corrected chi connectivity index (χ2v) is 6.07. The molecule has 0 aliphatic rings. The smallest absolute Gasteiger partial charge is 0.234 e. The van der Waals surface area contributed by atoms with E-state index >= 15 is 0 Å². The molecule has 2 aromatic rings. The van der Waals surface area contributed by atoms with Gasteiger partial charge in [0.15, 0.2) is 0 Å². The van der Waals surface area contributed by atoms with Crippen LogP contribution in [-0.2, 0) is 10.5 Å². The van der Waals surface area contributed by atoms with Gasteiger partial charge in [0, 0.05) is 10.8 Å². The van der Waals surface area contributed by atoms with Crippen molar-refractivity contribution < 1.29 is 9.18 Å². The predicted octanol–water partition coefficient (Wildman–Crippen LogP) is 4.66. The van der Waals surface area contributed by atoms with E-state index in [0.29, 0.717) is 5.02 Å². The lowest BCUT2D eigenvalue weighted by Gasteiger charge is -2.07. The topological polar surface area (TPSA) is 29.1 Å². The molecule has 2 rings (SSSR count). The lowest BCUT2D eigenvalue weighted by molar-refractivity contribution is -0.113. The van der Waals surface area contributed by atoms with E-state index in [2.05, 4.69) is 5.32 Å². The molecule has 0 heterocycles. The first kappa shape index (κ1) is 15.9. The van der Waals surface area contributed by atoms with Crippen molar-refractivity contribution in [2.24, 2.45) is 0 Å². The zero-order valence-electron chi connectivity index (χ0n) is 11.5. The highest BCUT2D eigenvalue weighted by atomic mass is 35.5. The van der Waals surface area contributed by atoms with Gasteiger partial charge in [-0.3, -0.25) is 4.79 Å². The number of carbonyl (C=O) groups is 1. The van der Waals surface area contributed by atoms with E-state index in [-0.39, 0.29) is 17.3 Å². The first-order chi connectivity index (χ1) is 10.0. The third kappa shape index (κ3) is 5.06. The Morgan fingerprint density at radius 3 is 2.67 bits per heavy atom. The average molecular weight is 324 g/mol. The maximum absolute atomic E-state index is 13.5. The summed E-state index contributed by atoms with van der Waals surface area (Å²) < 4.78 is 13.5. The molecule has 0 saturated heterocycles. The number of hydrogen-bond acceptors (Lipinski definition) is 2. The number of hydrogen-bond donors (Lipinski definition) is 1. The summed E-state index contributed by atoms with van der Waals surface area (Å²) in [7, 11) is 0. The number of nitrogens with one attached hydrogen (secondary N) is 1. The second-order valence-electron chi connectivity index (χ2n) is 4.65. The highest BCUT2D eigenvalue weighted by Crippen LogP contribution is 2.20. The van der Waals surface area contributed by atoms with Crippen molar-refractivity contribution in [3.05, 3.63) is 64.4 Å². The molecule has 2 aromatic carbocycles. The molecular weight excluding hydrogens is 309 g/mol. The molecule has 0 unspecified atom stereocenters. The number of anilines is 1. The van der Waals surface area contributed by atoms with Crippen LogP contribution in [0.3, 0.4) is 0 Å². The summed E-state index contributed by atoms with van der Waals surface area (Å²) in [6.07, 6.45) is 0. The van der Waals surface area contributed by atoms with Gasteiger partial charge >= 0.3 is 0 Å². The largest absolute Gasteiger partial charge is 0.323 e. The molecule has 0 aromatic heterocycles. The molecule has 0 spiro atoms. The lowest BCUT2D eigenvalue weighted by atomic mass is 10.2. The summed E-state index contributed by atoms with van der Waals surface area (Å²) in [4.78, 5) is 11.8. The summed E-state index contributed by atoms with van der Waals surface area (Å²) in [5, 5.41) is 2.92. The maximum atomic E-state index is 13.5. The van der Waals surface area contributed by atoms with Gasteiger partial charge in [0.25, 0.3) is 0 Å². The van der Waals surface area contributed by atoms with Gasteiger partial charge in [-0.15, -0.1) is 11.8 Å². The SMILES string of the molecule is Cc1ccc(CSCC(=O)Nc2cc(Cl)ccc2F)cc1. The van der Waals surface area contributed by atoms with Gasteiger partial charge in [0.2, 0.25) is 5.91 Å². The number of halogens is 2. The van der Waals surface area contributed by atoms with Gasteiger partial charge in [-0.1, -0.05) is 41.4 Å². The van der Waals surface area contributed by atoms with Gasteiger partial charge in [0.05, 0.1) is 11.4 Å². The Kier molecular flexibility index (Phi) is 5.65. The molecule has 0 bridgehead atoms. The third-order valence-corrected chi connectivity index (χ3v) is 4.06. The third-order valence-electron chi connectivity index (χ3n) is 2.82. The summed E-state index contributed by atoms with van der Waals surface area (Å²) in [6, 6.07) is 12.2. The molecule has 1 N–H and O–H groups in total. The normalized spacial score (nSPS) is 10.4. The fourth-order valence-electron chi connectivity index (χ4n) is 1.73. The monoisotopic (exact) mass is 323 g/mol. The second kappa shape index (κ2) is 7.48. The van der Waals surface area contributed by atoms with Crippen LogP contribution in [0.1, 0.15) is 11.1 Å². The van der Waals surface area contributed by atoms with Crippen LogP contribution in [0.15, 0.2) is 42.5 Å². The Morgan fingerprint density at radius 2 is 1.95 bits per heavy atom. The lowest BCUT2D eigenvalue weighted by Crippen LogP contribution is -2.15. The van der Waals surface area contributed by atoms with Crippen LogP contribution in [-0.4, -0.2) is 11.7 Å². The Balaban J connectivity index is 1.82. The number of benzene rings is 2. The molecule has 0 saturated carbocycles. The number of rotatable bonds is 5.